The second kappa shape index (κ2) is 6.83. The summed E-state index contributed by atoms with van der Waals surface area (Å²) in [5.74, 6) is -0.815. The summed E-state index contributed by atoms with van der Waals surface area (Å²) in [6.07, 6.45) is 0.998. The van der Waals surface area contributed by atoms with Crippen molar-refractivity contribution >= 4 is 16.8 Å². The molecule has 1 aliphatic heterocycles. The van der Waals surface area contributed by atoms with Crippen LogP contribution < -0.4 is 5.43 Å². The van der Waals surface area contributed by atoms with E-state index in [9.17, 15) is 30.0 Å². The average molecular weight is 426 g/mol. The largest absolute Gasteiger partial charge is 0.507 e. The summed E-state index contributed by atoms with van der Waals surface area (Å²) in [5.41, 5.74) is -1.79. The van der Waals surface area contributed by atoms with E-state index in [0.717, 1.165) is 0 Å². The lowest BCUT2D eigenvalue weighted by atomic mass is 9.73. The molecule has 0 unspecified atom stereocenters. The van der Waals surface area contributed by atoms with Crippen molar-refractivity contribution in [1.82, 2.24) is 0 Å². The summed E-state index contributed by atoms with van der Waals surface area (Å²) in [6.45, 7) is 5.96. The molecule has 162 valence electrons. The predicted octanol–water partition coefficient (Wildman–Crippen LogP) is 2.17. The highest BCUT2D eigenvalue weighted by Gasteiger charge is 2.48. The molecule has 8 nitrogen and oxygen atoms in total. The monoisotopic (exact) mass is 426 g/mol. The first kappa shape index (κ1) is 20.9. The van der Waals surface area contributed by atoms with Crippen LogP contribution in [0.5, 0.6) is 11.5 Å². The van der Waals surface area contributed by atoms with Gasteiger partial charge in [-0.1, -0.05) is 0 Å². The molecule has 0 bridgehead atoms. The molecule has 0 saturated carbocycles. The molecular weight excluding hydrogens is 404 g/mol. The minimum atomic E-state index is -2.14. The van der Waals surface area contributed by atoms with Gasteiger partial charge in [0, 0.05) is 34.8 Å². The second-order valence-corrected chi connectivity index (χ2v) is 8.12. The number of aliphatic hydroxyl groups is 2. The summed E-state index contributed by atoms with van der Waals surface area (Å²) in [7, 11) is 0. The van der Waals surface area contributed by atoms with E-state index in [0.29, 0.717) is 17.1 Å². The van der Waals surface area contributed by atoms with Crippen LogP contribution >= 0.6 is 0 Å². The summed E-state index contributed by atoms with van der Waals surface area (Å²) in [5, 5.41) is 42.7. The van der Waals surface area contributed by atoms with Gasteiger partial charge in [0.25, 0.3) is 0 Å². The molecule has 31 heavy (non-hydrogen) atoms. The number of aliphatic hydroxyl groups excluding tert-OH is 1. The first-order chi connectivity index (χ1) is 14.4. The fourth-order valence-corrected chi connectivity index (χ4v) is 4.08. The molecule has 0 amide bonds. The van der Waals surface area contributed by atoms with Crippen LogP contribution in [-0.2, 0) is 16.0 Å². The number of carbonyl (C=O) groups is 1. The van der Waals surface area contributed by atoms with Crippen LogP contribution in [0.15, 0.2) is 50.1 Å². The summed E-state index contributed by atoms with van der Waals surface area (Å²) in [4.78, 5) is 25.6. The van der Waals surface area contributed by atoms with E-state index < -0.39 is 28.7 Å². The number of benzene rings is 1. The highest BCUT2D eigenvalue weighted by Crippen LogP contribution is 2.43. The van der Waals surface area contributed by atoms with Crippen molar-refractivity contribution in [2.75, 3.05) is 0 Å². The van der Waals surface area contributed by atoms with Crippen molar-refractivity contribution in [3.63, 3.8) is 0 Å². The molecule has 2 aliphatic rings. The minimum absolute atomic E-state index is 0.0545. The van der Waals surface area contributed by atoms with E-state index in [2.05, 4.69) is 0 Å². The van der Waals surface area contributed by atoms with Crippen LogP contribution in [0, 0.1) is 13.8 Å². The van der Waals surface area contributed by atoms with Gasteiger partial charge in [-0.15, -0.1) is 0 Å². The number of carbonyl (C=O) groups excluding carboxylic acids is 1. The van der Waals surface area contributed by atoms with Crippen LogP contribution in [-0.4, -0.2) is 37.9 Å². The van der Waals surface area contributed by atoms with Gasteiger partial charge in [-0.3, -0.25) is 9.59 Å². The summed E-state index contributed by atoms with van der Waals surface area (Å²) >= 11 is 0. The zero-order valence-electron chi connectivity index (χ0n) is 17.4. The van der Waals surface area contributed by atoms with Gasteiger partial charge in [0.15, 0.2) is 16.8 Å². The van der Waals surface area contributed by atoms with Crippen molar-refractivity contribution in [3.05, 3.63) is 68.0 Å². The Hall–Kier alpha value is -3.36. The van der Waals surface area contributed by atoms with Gasteiger partial charge < -0.3 is 29.6 Å². The molecule has 2 aromatic rings. The third-order valence-corrected chi connectivity index (χ3v) is 5.85. The molecule has 1 aliphatic carbocycles. The van der Waals surface area contributed by atoms with E-state index in [1.54, 1.807) is 19.9 Å². The molecule has 1 aromatic carbocycles. The zero-order valence-corrected chi connectivity index (χ0v) is 17.4. The molecule has 0 fully saturated rings. The fraction of sp³-hybridized carbons (Fsp3) is 0.304. The van der Waals surface area contributed by atoms with Crippen LogP contribution in [0.4, 0.5) is 0 Å². The second-order valence-electron chi connectivity index (χ2n) is 8.12. The van der Waals surface area contributed by atoms with Crippen molar-refractivity contribution in [2.24, 2.45) is 0 Å². The smallest absolute Gasteiger partial charge is 0.196 e. The Morgan fingerprint density at radius 3 is 2.48 bits per heavy atom. The molecule has 0 spiro atoms. The molecular formula is C23H22O8. The standard InChI is InChI=1S/C23H22O8/c1-9-5-12-13(21(27)23(4,29)22(28)15(12)8-30-9)7-14-18(25)11(3)20-17(19(14)26)16(24)6-10(2)31-20/h5-6,8,22,25-26,28-29H,7H2,1-4H3/t22-,23-/m0/s1. The van der Waals surface area contributed by atoms with Crippen molar-refractivity contribution in [2.45, 2.75) is 45.8 Å². The Balaban J connectivity index is 1.99. The maximum absolute atomic E-state index is 13.1. The Bertz CT molecular complexity index is 1300. The normalized spacial score (nSPS) is 23.4. The van der Waals surface area contributed by atoms with E-state index in [4.69, 9.17) is 9.15 Å². The van der Waals surface area contributed by atoms with Crippen LogP contribution in [0.1, 0.15) is 30.7 Å². The topological polar surface area (TPSA) is 137 Å². The van der Waals surface area contributed by atoms with Crippen LogP contribution in [0.3, 0.4) is 0 Å². The van der Waals surface area contributed by atoms with Crippen molar-refractivity contribution in [3.8, 4) is 11.5 Å². The Morgan fingerprint density at radius 2 is 1.81 bits per heavy atom. The van der Waals surface area contributed by atoms with Gasteiger partial charge in [-0.2, -0.15) is 0 Å². The number of aromatic hydroxyl groups is 2. The number of hydrogen-bond acceptors (Lipinski definition) is 8. The van der Waals surface area contributed by atoms with Gasteiger partial charge in [0.05, 0.1) is 6.26 Å². The molecule has 0 radical (unpaired) electrons. The van der Waals surface area contributed by atoms with Gasteiger partial charge in [0.1, 0.15) is 40.1 Å². The summed E-state index contributed by atoms with van der Waals surface area (Å²) in [6, 6.07) is 1.22. The van der Waals surface area contributed by atoms with Crippen molar-refractivity contribution in [1.29, 1.82) is 0 Å². The highest BCUT2D eigenvalue weighted by molar-refractivity contribution is 6.06. The first-order valence-corrected chi connectivity index (χ1v) is 9.66. The van der Waals surface area contributed by atoms with E-state index in [-0.39, 0.29) is 45.4 Å². The molecule has 8 heteroatoms. The lowest BCUT2D eigenvalue weighted by Crippen LogP contribution is -2.52. The van der Waals surface area contributed by atoms with Crippen molar-refractivity contribution < 1.29 is 34.4 Å². The lowest BCUT2D eigenvalue weighted by Gasteiger charge is -2.37. The molecule has 1 aromatic heterocycles. The van der Waals surface area contributed by atoms with Gasteiger partial charge in [-0.25, -0.2) is 0 Å². The van der Waals surface area contributed by atoms with E-state index in [1.165, 1.54) is 26.2 Å². The maximum atomic E-state index is 13.1. The molecule has 2 heterocycles. The highest BCUT2D eigenvalue weighted by atomic mass is 16.5. The molecule has 2 atom stereocenters. The number of aryl methyl sites for hydroxylation is 2. The van der Waals surface area contributed by atoms with Gasteiger partial charge in [-0.05, 0) is 39.3 Å². The Morgan fingerprint density at radius 1 is 1.13 bits per heavy atom. The van der Waals surface area contributed by atoms with Crippen LogP contribution in [0.25, 0.3) is 11.0 Å². The average Bonchev–Trinajstić information content (AvgIpc) is 2.70. The fourth-order valence-electron chi connectivity index (χ4n) is 4.08. The molecule has 4 rings (SSSR count). The van der Waals surface area contributed by atoms with E-state index >= 15 is 0 Å². The lowest BCUT2D eigenvalue weighted by molar-refractivity contribution is -0.141. The first-order valence-electron chi connectivity index (χ1n) is 9.66. The number of allylic oxidation sites excluding steroid dienone is 2. The summed E-state index contributed by atoms with van der Waals surface area (Å²) < 4.78 is 10.9. The number of phenolic OH excluding ortho intramolecular Hbond substituents is 2. The number of hydrogen-bond donors (Lipinski definition) is 4. The number of rotatable bonds is 2. The minimum Gasteiger partial charge on any atom is -0.507 e. The Labute approximate surface area is 177 Å². The van der Waals surface area contributed by atoms with Gasteiger partial charge in [0.2, 0.25) is 0 Å². The number of Topliss-reactive ketones (excluding diaryl/α,β-unsaturated/α-hetero) is 1. The SMILES string of the molecule is CC1=CC2=C(Cc3c(O)c(C)c4oc(C)cc(=O)c4c3O)C(=O)[C@](C)(O)[C@@H](O)C2=CO1. The maximum Gasteiger partial charge on any atom is 0.196 e. The number of ketones is 1. The predicted molar refractivity (Wildman–Crippen MR) is 111 cm³/mol. The van der Waals surface area contributed by atoms with E-state index in [1.807, 2.05) is 0 Å². The number of ether oxygens (including phenoxy) is 1. The molecule has 0 saturated heterocycles. The number of phenols is 2. The van der Waals surface area contributed by atoms with Gasteiger partial charge >= 0.3 is 0 Å². The third-order valence-electron chi connectivity index (χ3n) is 5.85. The number of fused-ring (bicyclic) bond motifs is 2. The van der Waals surface area contributed by atoms with Crippen LogP contribution in [0.2, 0.25) is 0 Å². The third kappa shape index (κ3) is 2.98. The zero-order chi connectivity index (χ0) is 22.8. The Kier molecular flexibility index (Phi) is 4.60. The quantitative estimate of drug-likeness (QED) is 0.573. The molecule has 4 N–H and O–H groups in total.